The Balaban J connectivity index is 0.000000451. The third-order valence-corrected chi connectivity index (χ3v) is 1.33. The summed E-state index contributed by atoms with van der Waals surface area (Å²) in [6.07, 6.45) is 0. The summed E-state index contributed by atoms with van der Waals surface area (Å²) in [5.41, 5.74) is 1.35. The van der Waals surface area contributed by atoms with E-state index in [9.17, 15) is 4.79 Å². The van der Waals surface area contributed by atoms with Crippen molar-refractivity contribution in [3.8, 4) is 0 Å². The van der Waals surface area contributed by atoms with Crippen molar-refractivity contribution in [1.29, 1.82) is 0 Å². The van der Waals surface area contributed by atoms with E-state index < -0.39 is 5.76 Å². The zero-order chi connectivity index (χ0) is 8.97. The van der Waals surface area contributed by atoms with Gasteiger partial charge in [0.1, 0.15) is 0 Å². The molecule has 0 aliphatic rings. The van der Waals surface area contributed by atoms with E-state index in [4.69, 9.17) is 4.42 Å². The van der Waals surface area contributed by atoms with E-state index in [1.165, 1.54) is 0 Å². The minimum atomic E-state index is -0.402. The number of rotatable bonds is 0. The van der Waals surface area contributed by atoms with Gasteiger partial charge in [-0.1, -0.05) is 33.4 Å². The van der Waals surface area contributed by atoms with Crippen molar-refractivity contribution >= 4 is 11.1 Å². The zero-order valence-corrected chi connectivity index (χ0v) is 7.13. The van der Waals surface area contributed by atoms with Gasteiger partial charge in [0.25, 0.3) is 0 Å². The van der Waals surface area contributed by atoms with Crippen molar-refractivity contribution in [3.63, 3.8) is 0 Å². The molecule has 0 radical (unpaired) electrons. The smallest absolute Gasteiger partial charge is 0.408 e. The van der Waals surface area contributed by atoms with Gasteiger partial charge in [-0.15, -0.1) is 0 Å². The average molecular weight is 181 g/mol. The zero-order valence-electron chi connectivity index (χ0n) is 7.13. The molecule has 2 aromatic rings. The minimum Gasteiger partial charge on any atom is -0.408 e. The molecule has 0 aliphatic carbocycles. The maximum absolute atomic E-state index is 10.6. The molecule has 0 atom stereocenters. The summed E-state index contributed by atoms with van der Waals surface area (Å²) in [5.74, 6) is -0.402. The fourth-order valence-corrected chi connectivity index (χ4v) is 0.894. The van der Waals surface area contributed by atoms with Crippen LogP contribution in [0.15, 0.2) is 33.5 Å². The lowest BCUT2D eigenvalue weighted by atomic mass is 10.3. The van der Waals surface area contributed by atoms with Gasteiger partial charge >= 0.3 is 5.76 Å². The Hall–Kier alpha value is -1.51. The fourth-order valence-electron chi connectivity index (χ4n) is 0.894. The number of para-hydroxylation sites is 2. The Labute approximate surface area is 77.4 Å². The second kappa shape index (κ2) is 5.19. The number of aromatic amines is 1. The molecular formula is C10H15NO2. The predicted molar refractivity (Wildman–Crippen MR) is 54.9 cm³/mol. The van der Waals surface area contributed by atoms with E-state index >= 15 is 0 Å². The molecule has 0 saturated heterocycles. The number of oxazole rings is 1. The van der Waals surface area contributed by atoms with Crippen LogP contribution in [-0.4, -0.2) is 4.98 Å². The number of hydrogen-bond donors (Lipinski definition) is 1. The molecular weight excluding hydrogens is 166 g/mol. The highest BCUT2D eigenvalue weighted by Gasteiger charge is 1.95. The third-order valence-electron chi connectivity index (χ3n) is 1.33. The van der Waals surface area contributed by atoms with Crippen LogP contribution >= 0.6 is 0 Å². The number of fused-ring (bicyclic) bond motifs is 1. The molecule has 1 aromatic carbocycles. The Morgan fingerprint density at radius 3 is 2.46 bits per heavy atom. The third kappa shape index (κ3) is 2.47. The van der Waals surface area contributed by atoms with Gasteiger partial charge in [0.2, 0.25) is 0 Å². The topological polar surface area (TPSA) is 46.0 Å². The highest BCUT2D eigenvalue weighted by atomic mass is 16.4. The van der Waals surface area contributed by atoms with E-state index in [1.54, 1.807) is 12.1 Å². The lowest BCUT2D eigenvalue weighted by molar-refractivity contribution is 0.555. The van der Waals surface area contributed by atoms with E-state index in [0.29, 0.717) is 5.58 Å². The molecule has 0 bridgehead atoms. The highest BCUT2D eigenvalue weighted by Crippen LogP contribution is 2.06. The molecule has 1 N–H and O–H groups in total. The van der Waals surface area contributed by atoms with Crippen LogP contribution in [0.5, 0.6) is 0 Å². The van der Waals surface area contributed by atoms with Gasteiger partial charge < -0.3 is 4.42 Å². The van der Waals surface area contributed by atoms with Crippen molar-refractivity contribution in [1.82, 2.24) is 4.98 Å². The van der Waals surface area contributed by atoms with Gasteiger partial charge in [0.05, 0.1) is 5.52 Å². The molecule has 0 saturated carbocycles. The Morgan fingerprint density at radius 2 is 1.85 bits per heavy atom. The molecule has 0 spiro atoms. The summed E-state index contributed by atoms with van der Waals surface area (Å²) in [7, 11) is 0. The molecule has 0 aliphatic heterocycles. The van der Waals surface area contributed by atoms with Crippen molar-refractivity contribution in [3.05, 3.63) is 34.8 Å². The van der Waals surface area contributed by atoms with Crippen molar-refractivity contribution in [2.45, 2.75) is 21.3 Å². The molecule has 2 rings (SSSR count). The number of nitrogens with one attached hydrogen (secondary N) is 1. The molecule has 3 heteroatoms. The molecule has 1 aromatic heterocycles. The quantitative estimate of drug-likeness (QED) is 0.679. The SMILES string of the molecule is C.CC.O=c1[nH]c2ccccc2o1. The standard InChI is InChI=1S/C7H5NO2.C2H6.CH4/c9-7-8-5-3-1-2-4-6(5)10-7;1-2;/h1-4H,(H,8,9);1-2H3;1H4. The van der Waals surface area contributed by atoms with Crippen LogP contribution in [0.3, 0.4) is 0 Å². The molecule has 13 heavy (non-hydrogen) atoms. The van der Waals surface area contributed by atoms with Gasteiger partial charge in [-0.2, -0.15) is 0 Å². The minimum absolute atomic E-state index is 0. The monoisotopic (exact) mass is 181 g/mol. The second-order valence-electron chi connectivity index (χ2n) is 2.01. The van der Waals surface area contributed by atoms with Crippen LogP contribution in [0.25, 0.3) is 11.1 Å². The summed E-state index contributed by atoms with van der Waals surface area (Å²) in [4.78, 5) is 13.1. The van der Waals surface area contributed by atoms with Crippen LogP contribution in [0.2, 0.25) is 0 Å². The number of aromatic nitrogens is 1. The van der Waals surface area contributed by atoms with Crippen LogP contribution in [0.1, 0.15) is 21.3 Å². The Kier molecular flexibility index (Phi) is 4.59. The van der Waals surface area contributed by atoms with E-state index in [-0.39, 0.29) is 7.43 Å². The summed E-state index contributed by atoms with van der Waals surface area (Å²) >= 11 is 0. The van der Waals surface area contributed by atoms with Crippen LogP contribution in [0, 0.1) is 0 Å². The lowest BCUT2D eigenvalue weighted by Gasteiger charge is -1.79. The molecule has 1 heterocycles. The van der Waals surface area contributed by atoms with E-state index in [2.05, 4.69) is 4.98 Å². The van der Waals surface area contributed by atoms with Crippen molar-refractivity contribution in [2.75, 3.05) is 0 Å². The second-order valence-corrected chi connectivity index (χ2v) is 2.01. The normalized spacial score (nSPS) is 8.46. The summed E-state index contributed by atoms with van der Waals surface area (Å²) in [6.45, 7) is 4.00. The molecule has 0 unspecified atom stereocenters. The van der Waals surface area contributed by atoms with E-state index in [0.717, 1.165) is 5.52 Å². The van der Waals surface area contributed by atoms with Gasteiger partial charge in [-0.05, 0) is 12.1 Å². The van der Waals surface area contributed by atoms with Gasteiger partial charge in [0, 0.05) is 0 Å². The Bertz CT molecular complexity index is 364. The van der Waals surface area contributed by atoms with Crippen LogP contribution in [-0.2, 0) is 0 Å². The van der Waals surface area contributed by atoms with Gasteiger partial charge in [-0.3, -0.25) is 4.98 Å². The first kappa shape index (κ1) is 11.5. The average Bonchev–Trinajstić information content (AvgIpc) is 2.48. The molecule has 0 fully saturated rings. The largest absolute Gasteiger partial charge is 0.417 e. The summed E-state index contributed by atoms with van der Waals surface area (Å²) in [5, 5.41) is 0. The summed E-state index contributed by atoms with van der Waals surface area (Å²) < 4.78 is 4.76. The van der Waals surface area contributed by atoms with Gasteiger partial charge in [0.15, 0.2) is 5.58 Å². The first-order chi connectivity index (χ1) is 5.86. The van der Waals surface area contributed by atoms with Crippen LogP contribution < -0.4 is 5.76 Å². The maximum Gasteiger partial charge on any atom is 0.417 e. The molecule has 72 valence electrons. The molecule has 3 nitrogen and oxygen atoms in total. The van der Waals surface area contributed by atoms with E-state index in [1.807, 2.05) is 26.0 Å². The van der Waals surface area contributed by atoms with Crippen LogP contribution in [0.4, 0.5) is 0 Å². The predicted octanol–water partition coefficient (Wildman–Crippen LogP) is 2.78. The number of benzene rings is 1. The fraction of sp³-hybridized carbons (Fsp3) is 0.300. The molecule has 0 amide bonds. The number of hydrogen-bond acceptors (Lipinski definition) is 2. The lowest BCUT2D eigenvalue weighted by Crippen LogP contribution is -1.92. The van der Waals surface area contributed by atoms with Gasteiger partial charge in [-0.25, -0.2) is 4.79 Å². The Morgan fingerprint density at radius 1 is 1.23 bits per heavy atom. The number of H-pyrrole nitrogens is 1. The maximum atomic E-state index is 10.6. The van der Waals surface area contributed by atoms with Crippen molar-refractivity contribution < 1.29 is 4.42 Å². The summed E-state index contributed by atoms with van der Waals surface area (Å²) in [6, 6.07) is 7.19. The first-order valence-electron chi connectivity index (χ1n) is 3.94. The first-order valence-corrected chi connectivity index (χ1v) is 3.94. The van der Waals surface area contributed by atoms with Crippen molar-refractivity contribution in [2.24, 2.45) is 0 Å². The highest BCUT2D eigenvalue weighted by molar-refractivity contribution is 5.71.